The van der Waals surface area contributed by atoms with Gasteiger partial charge in [0.1, 0.15) is 10.5 Å². The summed E-state index contributed by atoms with van der Waals surface area (Å²) in [5.41, 5.74) is 0. The first kappa shape index (κ1) is 19.6. The van der Waals surface area contributed by atoms with Crippen LogP contribution in [0.1, 0.15) is 41.0 Å². The van der Waals surface area contributed by atoms with Gasteiger partial charge in [0.25, 0.3) is 0 Å². The molecule has 0 N–H and O–H groups in total. The molecule has 0 aliphatic rings. The molecule has 0 unspecified atom stereocenters. The SMILES string of the molecule is CCC[Si](OCC)(OCC)OCC.CCO[SiH3]. The molecule has 6 heteroatoms. The van der Waals surface area contributed by atoms with Crippen molar-refractivity contribution in [2.24, 2.45) is 0 Å². The molecular weight excluding hydrogens is 252 g/mol. The van der Waals surface area contributed by atoms with Crippen molar-refractivity contribution in [3.63, 3.8) is 0 Å². The van der Waals surface area contributed by atoms with E-state index in [1.54, 1.807) is 0 Å². The maximum absolute atomic E-state index is 5.65. The van der Waals surface area contributed by atoms with Crippen LogP contribution in [0.5, 0.6) is 0 Å². The van der Waals surface area contributed by atoms with E-state index < -0.39 is 8.80 Å². The van der Waals surface area contributed by atoms with Gasteiger partial charge in [0.15, 0.2) is 0 Å². The standard InChI is InChI=1S/C9H22O3Si.C2H8OSi/c1-5-9-13(10-6-2,11-7-3)12-8-4;1-2-3-4/h5-9H2,1-4H3;2H2,1,4H3. The Morgan fingerprint density at radius 3 is 1.29 bits per heavy atom. The van der Waals surface area contributed by atoms with Crippen LogP contribution in [0.3, 0.4) is 0 Å². The first-order valence-corrected chi connectivity index (χ1v) is 9.31. The Morgan fingerprint density at radius 2 is 1.12 bits per heavy atom. The summed E-state index contributed by atoms with van der Waals surface area (Å²) in [6.45, 7) is 13.0. The fraction of sp³-hybridized carbons (Fsp3) is 1.00. The third-order valence-corrected chi connectivity index (χ3v) is 5.81. The van der Waals surface area contributed by atoms with Gasteiger partial charge in [-0.1, -0.05) is 13.3 Å². The second-order valence-corrected chi connectivity index (χ2v) is 6.62. The average molecular weight is 283 g/mol. The Labute approximate surface area is 111 Å². The summed E-state index contributed by atoms with van der Waals surface area (Å²) in [5, 5.41) is 0. The molecule has 0 aromatic rings. The van der Waals surface area contributed by atoms with Gasteiger partial charge >= 0.3 is 8.80 Å². The van der Waals surface area contributed by atoms with Gasteiger partial charge in [-0.05, 0) is 27.7 Å². The van der Waals surface area contributed by atoms with E-state index >= 15 is 0 Å². The molecule has 17 heavy (non-hydrogen) atoms. The van der Waals surface area contributed by atoms with E-state index in [9.17, 15) is 0 Å². The maximum Gasteiger partial charge on any atom is 0.500 e. The van der Waals surface area contributed by atoms with Crippen molar-refractivity contribution in [1.29, 1.82) is 0 Å². The smallest absolute Gasteiger partial charge is 0.428 e. The summed E-state index contributed by atoms with van der Waals surface area (Å²) < 4.78 is 21.6. The van der Waals surface area contributed by atoms with Gasteiger partial charge in [0.05, 0.1) is 0 Å². The third kappa shape index (κ3) is 11.1. The molecular formula is C11H30O4Si2. The van der Waals surface area contributed by atoms with Crippen LogP contribution in [0, 0.1) is 0 Å². The Morgan fingerprint density at radius 1 is 0.765 bits per heavy atom. The molecule has 106 valence electrons. The van der Waals surface area contributed by atoms with Crippen molar-refractivity contribution < 1.29 is 17.7 Å². The predicted molar refractivity (Wildman–Crippen MR) is 77.3 cm³/mol. The minimum absolute atomic E-state index is 0.673. The van der Waals surface area contributed by atoms with Gasteiger partial charge in [-0.3, -0.25) is 0 Å². The Kier molecular flexibility index (Phi) is 16.5. The van der Waals surface area contributed by atoms with Crippen molar-refractivity contribution in [1.82, 2.24) is 0 Å². The predicted octanol–water partition coefficient (Wildman–Crippen LogP) is 1.75. The van der Waals surface area contributed by atoms with E-state index in [0.29, 0.717) is 19.8 Å². The molecule has 0 spiro atoms. The highest BCUT2D eigenvalue weighted by Gasteiger charge is 2.38. The summed E-state index contributed by atoms with van der Waals surface area (Å²) in [6, 6.07) is 0.919. The van der Waals surface area contributed by atoms with Crippen molar-refractivity contribution >= 4 is 19.3 Å². The molecule has 0 bridgehead atoms. The van der Waals surface area contributed by atoms with Crippen LogP contribution in [0.15, 0.2) is 0 Å². The van der Waals surface area contributed by atoms with Crippen molar-refractivity contribution in [2.75, 3.05) is 26.4 Å². The van der Waals surface area contributed by atoms with Crippen LogP contribution in [-0.4, -0.2) is 45.7 Å². The molecule has 4 nitrogen and oxygen atoms in total. The average Bonchev–Trinajstić information content (AvgIpc) is 2.31. The molecule has 0 fully saturated rings. The lowest BCUT2D eigenvalue weighted by Crippen LogP contribution is -2.45. The molecule has 0 radical (unpaired) electrons. The van der Waals surface area contributed by atoms with Crippen LogP contribution in [0.4, 0.5) is 0 Å². The van der Waals surface area contributed by atoms with Crippen LogP contribution < -0.4 is 0 Å². The van der Waals surface area contributed by atoms with Gasteiger partial charge in [-0.2, -0.15) is 0 Å². The molecule has 0 aromatic carbocycles. The van der Waals surface area contributed by atoms with E-state index in [-0.39, 0.29) is 0 Å². The Hall–Kier alpha value is 0.274. The van der Waals surface area contributed by atoms with E-state index in [1.807, 2.05) is 27.7 Å². The van der Waals surface area contributed by atoms with Crippen molar-refractivity contribution in [2.45, 2.75) is 47.1 Å². The molecule has 0 aliphatic heterocycles. The fourth-order valence-electron chi connectivity index (χ4n) is 1.31. The highest BCUT2D eigenvalue weighted by atomic mass is 28.4. The van der Waals surface area contributed by atoms with Crippen molar-refractivity contribution in [3.8, 4) is 0 Å². The first-order chi connectivity index (χ1) is 8.16. The highest BCUT2D eigenvalue weighted by Crippen LogP contribution is 2.17. The number of hydrogen-bond donors (Lipinski definition) is 0. The number of rotatable bonds is 9. The quantitative estimate of drug-likeness (QED) is 0.604. The topological polar surface area (TPSA) is 36.9 Å². The monoisotopic (exact) mass is 282 g/mol. The second kappa shape index (κ2) is 14.3. The zero-order chi connectivity index (χ0) is 13.6. The maximum atomic E-state index is 5.65. The molecule has 0 rings (SSSR count). The third-order valence-electron chi connectivity index (χ3n) is 1.94. The lowest BCUT2D eigenvalue weighted by Gasteiger charge is -2.27. The molecule has 0 aromatic heterocycles. The second-order valence-electron chi connectivity index (χ2n) is 3.31. The molecule has 0 amide bonds. The molecule has 0 heterocycles. The van der Waals surface area contributed by atoms with Crippen LogP contribution in [-0.2, 0) is 17.7 Å². The van der Waals surface area contributed by atoms with Crippen LogP contribution >= 0.6 is 0 Å². The van der Waals surface area contributed by atoms with E-state index in [1.165, 1.54) is 0 Å². The van der Waals surface area contributed by atoms with E-state index in [0.717, 1.165) is 29.6 Å². The molecule has 0 saturated carbocycles. The minimum Gasteiger partial charge on any atom is -0.428 e. The zero-order valence-electron chi connectivity index (χ0n) is 12.4. The van der Waals surface area contributed by atoms with Crippen molar-refractivity contribution in [3.05, 3.63) is 0 Å². The summed E-state index contributed by atoms with van der Waals surface area (Å²) in [4.78, 5) is 0. The Bertz CT molecular complexity index is 116. The minimum atomic E-state index is -2.30. The summed E-state index contributed by atoms with van der Waals surface area (Å²) in [6.07, 6.45) is 1.05. The lowest BCUT2D eigenvalue weighted by molar-refractivity contribution is 0.0712. The summed E-state index contributed by atoms with van der Waals surface area (Å²) in [5.74, 6) is 0. The van der Waals surface area contributed by atoms with E-state index in [4.69, 9.17) is 13.3 Å². The van der Waals surface area contributed by atoms with E-state index in [2.05, 4.69) is 11.3 Å². The van der Waals surface area contributed by atoms with Gasteiger partial charge < -0.3 is 17.7 Å². The Balaban J connectivity index is 0. The van der Waals surface area contributed by atoms with Gasteiger partial charge in [0.2, 0.25) is 0 Å². The fourth-order valence-corrected chi connectivity index (χ4v) is 3.92. The highest BCUT2D eigenvalue weighted by molar-refractivity contribution is 6.60. The lowest BCUT2D eigenvalue weighted by atomic mass is 10.6. The molecule has 0 atom stereocenters. The molecule has 0 saturated heterocycles. The first-order valence-electron chi connectivity index (χ1n) is 6.56. The largest absolute Gasteiger partial charge is 0.500 e. The van der Waals surface area contributed by atoms with Crippen LogP contribution in [0.25, 0.3) is 0 Å². The van der Waals surface area contributed by atoms with Gasteiger partial charge in [0, 0.05) is 32.5 Å². The van der Waals surface area contributed by atoms with Crippen LogP contribution in [0.2, 0.25) is 6.04 Å². The van der Waals surface area contributed by atoms with Gasteiger partial charge in [-0.15, -0.1) is 0 Å². The molecule has 0 aliphatic carbocycles. The number of hydrogen-bond acceptors (Lipinski definition) is 4. The normalized spacial score (nSPS) is 11.1. The summed E-state index contributed by atoms with van der Waals surface area (Å²) in [7, 11) is -1.41. The van der Waals surface area contributed by atoms with Gasteiger partial charge in [-0.25, -0.2) is 0 Å². The summed E-state index contributed by atoms with van der Waals surface area (Å²) >= 11 is 0. The zero-order valence-corrected chi connectivity index (χ0v) is 15.4.